The minimum absolute atomic E-state index is 0.0446. The molecule has 7 nitrogen and oxygen atoms in total. The number of methoxy groups -OCH3 is 1. The van der Waals surface area contributed by atoms with Crippen molar-refractivity contribution in [3.05, 3.63) is 30.2 Å². The number of carbonyl (C=O) groups is 1. The second kappa shape index (κ2) is 7.61. The van der Waals surface area contributed by atoms with Crippen molar-refractivity contribution in [3.8, 4) is 11.5 Å². The van der Waals surface area contributed by atoms with E-state index in [0.29, 0.717) is 23.8 Å². The van der Waals surface area contributed by atoms with Crippen LogP contribution >= 0.6 is 0 Å². The minimum Gasteiger partial charge on any atom is -0.461 e. The van der Waals surface area contributed by atoms with Crippen LogP contribution in [0.4, 0.5) is 0 Å². The van der Waals surface area contributed by atoms with E-state index in [1.807, 2.05) is 6.92 Å². The normalized spacial score (nSPS) is 12.3. The van der Waals surface area contributed by atoms with E-state index >= 15 is 0 Å². The summed E-state index contributed by atoms with van der Waals surface area (Å²) >= 11 is 0. The van der Waals surface area contributed by atoms with Gasteiger partial charge in [0.15, 0.2) is 5.76 Å². The molecule has 1 N–H and O–H groups in total. The molecule has 1 amide bonds. The maximum absolute atomic E-state index is 11.6. The summed E-state index contributed by atoms with van der Waals surface area (Å²) in [6.07, 6.45) is 1.56. The van der Waals surface area contributed by atoms with Crippen LogP contribution in [0.25, 0.3) is 11.5 Å². The van der Waals surface area contributed by atoms with Crippen LogP contribution in [-0.4, -0.2) is 37.4 Å². The standard InChI is InChI=1S/C14H18N2O5/c1-10(7-18-2)15-14(17)9-19-8-11-6-13(21-16-11)12-4-3-5-20-12/h3-6,10H,7-9H2,1-2H3,(H,15,17)/t10-/m1/s1. The lowest BCUT2D eigenvalue weighted by molar-refractivity contribution is -0.127. The van der Waals surface area contributed by atoms with E-state index in [0.717, 1.165) is 0 Å². The topological polar surface area (TPSA) is 86.7 Å². The summed E-state index contributed by atoms with van der Waals surface area (Å²) in [6, 6.07) is 5.20. The van der Waals surface area contributed by atoms with E-state index in [9.17, 15) is 4.79 Å². The molecule has 0 saturated heterocycles. The average Bonchev–Trinajstić information content (AvgIpc) is 3.09. The molecule has 0 spiro atoms. The summed E-state index contributed by atoms with van der Waals surface area (Å²) in [4.78, 5) is 11.6. The molecule has 2 heterocycles. The highest BCUT2D eigenvalue weighted by atomic mass is 16.5. The lowest BCUT2D eigenvalue weighted by Gasteiger charge is -2.12. The van der Waals surface area contributed by atoms with Crippen molar-refractivity contribution in [1.82, 2.24) is 10.5 Å². The molecule has 1 atom stereocenters. The Bertz CT molecular complexity index is 549. The number of nitrogens with zero attached hydrogens (tertiary/aromatic N) is 1. The fraction of sp³-hybridized carbons (Fsp3) is 0.429. The van der Waals surface area contributed by atoms with Gasteiger partial charge in [-0.3, -0.25) is 4.79 Å². The first kappa shape index (κ1) is 15.3. The maximum Gasteiger partial charge on any atom is 0.246 e. The predicted octanol–water partition coefficient (Wildman–Crippen LogP) is 1.60. The molecule has 0 aliphatic carbocycles. The number of ether oxygens (including phenoxy) is 2. The molecule has 2 aromatic heterocycles. The molecular formula is C14H18N2O5. The van der Waals surface area contributed by atoms with Gasteiger partial charge in [0.05, 0.1) is 19.5 Å². The fourth-order valence-corrected chi connectivity index (χ4v) is 1.77. The summed E-state index contributed by atoms with van der Waals surface area (Å²) in [5, 5.41) is 6.59. The molecule has 0 saturated carbocycles. The van der Waals surface area contributed by atoms with Crippen LogP contribution in [0.5, 0.6) is 0 Å². The van der Waals surface area contributed by atoms with Crippen molar-refractivity contribution in [2.45, 2.75) is 19.6 Å². The number of amides is 1. The van der Waals surface area contributed by atoms with Gasteiger partial charge in [-0.1, -0.05) is 5.16 Å². The van der Waals surface area contributed by atoms with Crippen molar-refractivity contribution >= 4 is 5.91 Å². The average molecular weight is 294 g/mol. The minimum atomic E-state index is -0.200. The van der Waals surface area contributed by atoms with Gasteiger partial charge in [0.25, 0.3) is 0 Å². The van der Waals surface area contributed by atoms with Crippen LogP contribution in [0.3, 0.4) is 0 Å². The summed E-state index contributed by atoms with van der Waals surface area (Å²) < 4.78 is 20.5. The Balaban J connectivity index is 1.73. The van der Waals surface area contributed by atoms with E-state index < -0.39 is 0 Å². The monoisotopic (exact) mass is 294 g/mol. The fourth-order valence-electron chi connectivity index (χ4n) is 1.77. The first-order valence-electron chi connectivity index (χ1n) is 6.54. The van der Waals surface area contributed by atoms with Gasteiger partial charge < -0.3 is 23.7 Å². The largest absolute Gasteiger partial charge is 0.461 e. The highest BCUT2D eigenvalue weighted by molar-refractivity contribution is 5.77. The summed E-state index contributed by atoms with van der Waals surface area (Å²) in [5.74, 6) is 0.922. The Morgan fingerprint density at radius 1 is 1.48 bits per heavy atom. The molecule has 0 radical (unpaired) electrons. The molecule has 0 bridgehead atoms. The van der Waals surface area contributed by atoms with Crippen molar-refractivity contribution in [3.63, 3.8) is 0 Å². The smallest absolute Gasteiger partial charge is 0.246 e. The quantitative estimate of drug-likeness (QED) is 0.795. The third kappa shape index (κ3) is 4.73. The second-order valence-corrected chi connectivity index (χ2v) is 4.58. The van der Waals surface area contributed by atoms with Gasteiger partial charge in [0.1, 0.15) is 12.3 Å². The van der Waals surface area contributed by atoms with E-state index in [4.69, 9.17) is 18.4 Å². The van der Waals surface area contributed by atoms with Gasteiger partial charge in [-0.15, -0.1) is 0 Å². The molecule has 0 unspecified atom stereocenters. The van der Waals surface area contributed by atoms with Crippen molar-refractivity contribution < 1.29 is 23.2 Å². The van der Waals surface area contributed by atoms with Crippen LogP contribution in [0, 0.1) is 0 Å². The van der Waals surface area contributed by atoms with Gasteiger partial charge in [-0.25, -0.2) is 0 Å². The first-order valence-corrected chi connectivity index (χ1v) is 6.54. The molecule has 0 aromatic carbocycles. The van der Waals surface area contributed by atoms with E-state index in [-0.39, 0.29) is 25.2 Å². The molecule has 21 heavy (non-hydrogen) atoms. The number of nitrogens with one attached hydrogen (secondary N) is 1. The molecule has 2 aromatic rings. The van der Waals surface area contributed by atoms with Gasteiger partial charge in [-0.2, -0.15) is 0 Å². The Kier molecular flexibility index (Phi) is 5.53. The van der Waals surface area contributed by atoms with Crippen LogP contribution in [0.1, 0.15) is 12.6 Å². The summed E-state index contributed by atoms with van der Waals surface area (Å²) in [7, 11) is 1.58. The molecule has 2 rings (SSSR count). The number of furan rings is 1. The molecule has 114 valence electrons. The van der Waals surface area contributed by atoms with E-state index in [1.165, 1.54) is 0 Å². The molecule has 0 aliphatic rings. The van der Waals surface area contributed by atoms with Crippen molar-refractivity contribution in [2.75, 3.05) is 20.3 Å². The number of carbonyl (C=O) groups excluding carboxylic acids is 1. The van der Waals surface area contributed by atoms with Crippen molar-refractivity contribution in [1.29, 1.82) is 0 Å². The number of hydrogen-bond acceptors (Lipinski definition) is 6. The number of rotatable bonds is 8. The predicted molar refractivity (Wildman–Crippen MR) is 73.3 cm³/mol. The highest BCUT2D eigenvalue weighted by Gasteiger charge is 2.11. The van der Waals surface area contributed by atoms with Gasteiger partial charge in [0, 0.05) is 19.2 Å². The zero-order valence-electron chi connectivity index (χ0n) is 12.0. The van der Waals surface area contributed by atoms with Gasteiger partial charge in [-0.05, 0) is 19.1 Å². The Hall–Kier alpha value is -2.12. The van der Waals surface area contributed by atoms with Crippen LogP contribution < -0.4 is 5.32 Å². The van der Waals surface area contributed by atoms with Crippen LogP contribution in [-0.2, 0) is 20.9 Å². The maximum atomic E-state index is 11.6. The first-order chi connectivity index (χ1) is 10.2. The van der Waals surface area contributed by atoms with Crippen molar-refractivity contribution in [2.24, 2.45) is 0 Å². The van der Waals surface area contributed by atoms with Crippen LogP contribution in [0.15, 0.2) is 33.4 Å². The number of aromatic nitrogens is 1. The third-order valence-electron chi connectivity index (χ3n) is 2.63. The van der Waals surface area contributed by atoms with E-state index in [1.54, 1.807) is 31.6 Å². The Morgan fingerprint density at radius 3 is 3.05 bits per heavy atom. The molecular weight excluding hydrogens is 276 g/mol. The zero-order chi connectivity index (χ0) is 15.1. The SMILES string of the molecule is COC[C@@H](C)NC(=O)COCc1cc(-c2ccco2)on1. The molecule has 7 heteroatoms. The lowest BCUT2D eigenvalue weighted by atomic mass is 10.3. The van der Waals surface area contributed by atoms with Gasteiger partial charge in [0.2, 0.25) is 11.7 Å². The van der Waals surface area contributed by atoms with Gasteiger partial charge >= 0.3 is 0 Å². The number of hydrogen-bond donors (Lipinski definition) is 1. The summed E-state index contributed by atoms with van der Waals surface area (Å²) in [5.41, 5.74) is 0.596. The molecule has 0 fully saturated rings. The van der Waals surface area contributed by atoms with Crippen LogP contribution in [0.2, 0.25) is 0 Å². The highest BCUT2D eigenvalue weighted by Crippen LogP contribution is 2.20. The Labute approximate surface area is 122 Å². The third-order valence-corrected chi connectivity index (χ3v) is 2.63. The Morgan fingerprint density at radius 2 is 2.33 bits per heavy atom. The lowest BCUT2D eigenvalue weighted by Crippen LogP contribution is -2.37. The van der Waals surface area contributed by atoms with E-state index in [2.05, 4.69) is 10.5 Å². The summed E-state index contributed by atoms with van der Waals surface area (Å²) in [6.45, 7) is 2.46. The molecule has 0 aliphatic heterocycles. The second-order valence-electron chi connectivity index (χ2n) is 4.58. The zero-order valence-corrected chi connectivity index (χ0v) is 12.0.